The van der Waals surface area contributed by atoms with E-state index in [9.17, 15) is 14.0 Å². The first-order valence-electron chi connectivity index (χ1n) is 7.23. The molecule has 120 valence electrons. The number of carbonyl (C=O) groups is 2. The number of nitrogens with one attached hydrogen (secondary N) is 2. The second-order valence-electron chi connectivity index (χ2n) is 4.76. The van der Waals surface area contributed by atoms with Crippen LogP contribution in [0.3, 0.4) is 0 Å². The van der Waals surface area contributed by atoms with Gasteiger partial charge in [-0.05, 0) is 24.3 Å². The largest absolute Gasteiger partial charge is 0.350 e. The highest BCUT2D eigenvalue weighted by molar-refractivity contribution is 5.94. The molecule has 2 rings (SSSR count). The van der Waals surface area contributed by atoms with Gasteiger partial charge in [-0.3, -0.25) is 9.59 Å². The van der Waals surface area contributed by atoms with Crippen molar-refractivity contribution in [1.82, 2.24) is 20.6 Å². The van der Waals surface area contributed by atoms with E-state index in [4.69, 9.17) is 0 Å². The summed E-state index contributed by atoms with van der Waals surface area (Å²) in [5.41, 5.74) is 0.730. The molecule has 0 aliphatic carbocycles. The van der Waals surface area contributed by atoms with Gasteiger partial charge in [0.25, 0.3) is 11.8 Å². The molecular weight excluding hydrogens is 299 g/mol. The van der Waals surface area contributed by atoms with Crippen molar-refractivity contribution in [3.63, 3.8) is 0 Å². The monoisotopic (exact) mass is 316 g/mol. The highest BCUT2D eigenvalue weighted by Gasteiger charge is 2.07. The topological polar surface area (TPSA) is 84.0 Å². The Bertz CT molecular complexity index is 671. The number of rotatable bonds is 6. The van der Waals surface area contributed by atoms with Gasteiger partial charge in [0, 0.05) is 37.5 Å². The molecule has 0 aliphatic heterocycles. The van der Waals surface area contributed by atoms with Gasteiger partial charge in [-0.15, -0.1) is 0 Å². The first-order valence-corrected chi connectivity index (χ1v) is 7.23. The number of hydrogen-bond acceptors (Lipinski definition) is 4. The minimum atomic E-state index is -0.398. The maximum Gasteiger partial charge on any atom is 0.254 e. The van der Waals surface area contributed by atoms with Crippen molar-refractivity contribution in [3.8, 4) is 0 Å². The summed E-state index contributed by atoms with van der Waals surface area (Å²) in [6.07, 6.45) is 3.65. The summed E-state index contributed by atoms with van der Waals surface area (Å²) in [5.74, 6) is -0.350. The Morgan fingerprint density at radius 2 is 1.48 bits per heavy atom. The van der Waals surface area contributed by atoms with Gasteiger partial charge in [-0.2, -0.15) is 0 Å². The highest BCUT2D eigenvalue weighted by atomic mass is 19.1. The summed E-state index contributed by atoms with van der Waals surface area (Å²) in [4.78, 5) is 31.7. The molecule has 1 aromatic carbocycles. The van der Waals surface area contributed by atoms with E-state index in [2.05, 4.69) is 20.6 Å². The average Bonchev–Trinajstić information content (AvgIpc) is 2.59. The second kappa shape index (κ2) is 7.98. The predicted octanol–water partition coefficient (Wildman–Crippen LogP) is 1.34. The molecule has 1 heterocycles. The van der Waals surface area contributed by atoms with E-state index in [1.54, 1.807) is 0 Å². The Morgan fingerprint density at radius 1 is 0.957 bits per heavy atom. The first kappa shape index (κ1) is 16.5. The fraction of sp³-hybridized carbons (Fsp3) is 0.250. The van der Waals surface area contributed by atoms with Gasteiger partial charge in [-0.25, -0.2) is 14.4 Å². The van der Waals surface area contributed by atoms with Gasteiger partial charge >= 0.3 is 0 Å². The van der Waals surface area contributed by atoms with Gasteiger partial charge in [-0.1, -0.05) is 6.92 Å². The third kappa shape index (κ3) is 4.84. The standard InChI is InChI=1S/C16H17FN4O2/c1-2-14-20-9-12(10-21-14)16(23)19-8-7-18-15(22)11-3-5-13(17)6-4-11/h3-6,9-10H,2,7-8H2,1H3,(H,18,22)(H,19,23). The number of aromatic nitrogens is 2. The van der Waals surface area contributed by atoms with Crippen LogP contribution in [0.2, 0.25) is 0 Å². The molecule has 2 N–H and O–H groups in total. The van der Waals surface area contributed by atoms with E-state index in [1.807, 2.05) is 6.92 Å². The summed E-state index contributed by atoms with van der Waals surface area (Å²) in [7, 11) is 0. The van der Waals surface area contributed by atoms with Crippen molar-refractivity contribution in [2.75, 3.05) is 13.1 Å². The molecular formula is C16H17FN4O2. The summed E-state index contributed by atoms with van der Waals surface area (Å²) in [6, 6.07) is 5.24. The minimum absolute atomic E-state index is 0.260. The Kier molecular flexibility index (Phi) is 5.74. The molecule has 0 fully saturated rings. The van der Waals surface area contributed by atoms with Crippen LogP contribution in [0.4, 0.5) is 4.39 Å². The van der Waals surface area contributed by atoms with Crippen LogP contribution in [0, 0.1) is 5.82 Å². The van der Waals surface area contributed by atoms with Crippen molar-refractivity contribution < 1.29 is 14.0 Å². The van der Waals surface area contributed by atoms with Crippen molar-refractivity contribution in [2.45, 2.75) is 13.3 Å². The fourth-order valence-corrected chi connectivity index (χ4v) is 1.81. The van der Waals surface area contributed by atoms with Gasteiger partial charge in [0.05, 0.1) is 5.56 Å². The summed E-state index contributed by atoms with van der Waals surface area (Å²) >= 11 is 0. The maximum atomic E-state index is 12.8. The molecule has 23 heavy (non-hydrogen) atoms. The van der Waals surface area contributed by atoms with Gasteiger partial charge in [0.1, 0.15) is 11.6 Å². The van der Waals surface area contributed by atoms with Crippen LogP contribution in [0.1, 0.15) is 33.5 Å². The van der Waals surface area contributed by atoms with Crippen LogP contribution >= 0.6 is 0 Å². The van der Waals surface area contributed by atoms with Crippen molar-refractivity contribution in [3.05, 3.63) is 59.4 Å². The molecule has 6 nitrogen and oxygen atoms in total. The van der Waals surface area contributed by atoms with Crippen LogP contribution in [0.15, 0.2) is 36.7 Å². The lowest BCUT2D eigenvalue weighted by molar-refractivity contribution is 0.0927. The molecule has 0 saturated heterocycles. The van der Waals surface area contributed by atoms with Gasteiger partial charge in [0.15, 0.2) is 0 Å². The van der Waals surface area contributed by atoms with Crippen molar-refractivity contribution in [2.24, 2.45) is 0 Å². The molecule has 2 amide bonds. The molecule has 0 spiro atoms. The lowest BCUT2D eigenvalue weighted by atomic mass is 10.2. The van der Waals surface area contributed by atoms with Crippen LogP contribution in [-0.4, -0.2) is 34.9 Å². The second-order valence-corrected chi connectivity index (χ2v) is 4.76. The zero-order valence-electron chi connectivity index (χ0n) is 12.7. The van der Waals surface area contributed by atoms with Crippen LogP contribution in [0.25, 0.3) is 0 Å². The molecule has 2 aromatic rings. The molecule has 0 aliphatic rings. The zero-order chi connectivity index (χ0) is 16.7. The summed E-state index contributed by atoms with van der Waals surface area (Å²) in [6.45, 7) is 2.45. The van der Waals surface area contributed by atoms with Crippen molar-refractivity contribution in [1.29, 1.82) is 0 Å². The number of hydrogen-bond donors (Lipinski definition) is 2. The summed E-state index contributed by atoms with van der Waals surface area (Å²) < 4.78 is 12.8. The third-order valence-electron chi connectivity index (χ3n) is 3.09. The van der Waals surface area contributed by atoms with Crippen LogP contribution in [0.5, 0.6) is 0 Å². The number of aryl methyl sites for hydroxylation is 1. The van der Waals surface area contributed by atoms with Gasteiger partial charge in [0.2, 0.25) is 0 Å². The number of nitrogens with zero attached hydrogens (tertiary/aromatic N) is 2. The minimum Gasteiger partial charge on any atom is -0.350 e. The Labute approximate surface area is 133 Å². The zero-order valence-corrected chi connectivity index (χ0v) is 12.7. The highest BCUT2D eigenvalue weighted by Crippen LogP contribution is 2.02. The average molecular weight is 316 g/mol. The molecule has 7 heteroatoms. The van der Waals surface area contributed by atoms with E-state index < -0.39 is 5.82 Å². The Balaban J connectivity index is 1.75. The Morgan fingerprint density at radius 3 is 2.00 bits per heavy atom. The van der Waals surface area contributed by atoms with Gasteiger partial charge < -0.3 is 10.6 Å². The van der Waals surface area contributed by atoms with E-state index in [1.165, 1.54) is 36.7 Å². The number of amides is 2. The van der Waals surface area contributed by atoms with Crippen molar-refractivity contribution >= 4 is 11.8 Å². The molecule has 0 bridgehead atoms. The summed E-state index contributed by atoms with van der Waals surface area (Å²) in [5, 5.41) is 5.29. The van der Waals surface area contributed by atoms with E-state index in [0.717, 1.165) is 0 Å². The Hall–Kier alpha value is -2.83. The van der Waals surface area contributed by atoms with E-state index >= 15 is 0 Å². The molecule has 0 unspecified atom stereocenters. The number of halogens is 1. The smallest absolute Gasteiger partial charge is 0.254 e. The molecule has 0 saturated carbocycles. The normalized spacial score (nSPS) is 10.2. The lowest BCUT2D eigenvalue weighted by Gasteiger charge is -2.07. The first-order chi connectivity index (χ1) is 11.1. The van der Waals surface area contributed by atoms with Crippen LogP contribution < -0.4 is 10.6 Å². The molecule has 1 aromatic heterocycles. The maximum absolute atomic E-state index is 12.8. The number of benzene rings is 1. The SMILES string of the molecule is CCc1ncc(C(=O)NCCNC(=O)c2ccc(F)cc2)cn1. The number of carbonyl (C=O) groups excluding carboxylic acids is 2. The molecule has 0 atom stereocenters. The fourth-order valence-electron chi connectivity index (χ4n) is 1.81. The van der Waals surface area contributed by atoms with E-state index in [-0.39, 0.29) is 24.9 Å². The quantitative estimate of drug-likeness (QED) is 0.788. The predicted molar refractivity (Wildman–Crippen MR) is 82.5 cm³/mol. The lowest BCUT2D eigenvalue weighted by Crippen LogP contribution is -2.34. The molecule has 0 radical (unpaired) electrons. The van der Waals surface area contributed by atoms with E-state index in [0.29, 0.717) is 23.4 Å². The third-order valence-corrected chi connectivity index (χ3v) is 3.09. The van der Waals surface area contributed by atoms with Crippen LogP contribution in [-0.2, 0) is 6.42 Å².